The van der Waals surface area contributed by atoms with E-state index in [1.807, 2.05) is 12.1 Å². The number of H-pyrrole nitrogens is 1. The highest BCUT2D eigenvalue weighted by Gasteiger charge is 2.12. The van der Waals surface area contributed by atoms with Crippen molar-refractivity contribution < 1.29 is 4.39 Å². The number of benzene rings is 1. The Hall–Kier alpha value is -3.12. The standard InChI is InChI=1S/C19H17ClFN5/c1-12(20)9-25-19-18(22)15(11-26-19)14-2-3-16(21)17(8-14)24-10-13-4-6-23-7-5-13/h2-9,11,24,26H,1,10,22H2. The van der Waals surface area contributed by atoms with Crippen LogP contribution in [0.2, 0.25) is 0 Å². The van der Waals surface area contributed by atoms with Gasteiger partial charge in [-0.2, -0.15) is 0 Å². The van der Waals surface area contributed by atoms with Crippen LogP contribution in [-0.4, -0.2) is 16.2 Å². The zero-order valence-electron chi connectivity index (χ0n) is 13.8. The molecule has 0 aliphatic heterocycles. The summed E-state index contributed by atoms with van der Waals surface area (Å²) in [4.78, 5) is 11.1. The summed E-state index contributed by atoms with van der Waals surface area (Å²) in [6.45, 7) is 4.02. The van der Waals surface area contributed by atoms with Gasteiger partial charge in [-0.1, -0.05) is 24.2 Å². The van der Waals surface area contributed by atoms with E-state index in [1.165, 1.54) is 12.3 Å². The molecular weight excluding hydrogens is 353 g/mol. The second-order valence-electron chi connectivity index (χ2n) is 5.57. The number of nitrogens with two attached hydrogens (primary N) is 1. The molecule has 0 atom stereocenters. The Kier molecular flexibility index (Phi) is 5.34. The van der Waals surface area contributed by atoms with Crippen LogP contribution in [-0.2, 0) is 6.54 Å². The Balaban J connectivity index is 1.84. The fourth-order valence-corrected chi connectivity index (χ4v) is 2.48. The van der Waals surface area contributed by atoms with Crippen molar-refractivity contribution in [1.29, 1.82) is 0 Å². The number of anilines is 2. The molecule has 0 saturated heterocycles. The van der Waals surface area contributed by atoms with E-state index >= 15 is 0 Å². The molecule has 7 heteroatoms. The normalized spacial score (nSPS) is 11.0. The average Bonchev–Trinajstić information content (AvgIpc) is 3.01. The predicted molar refractivity (Wildman–Crippen MR) is 105 cm³/mol. The van der Waals surface area contributed by atoms with E-state index in [2.05, 4.69) is 26.9 Å². The molecule has 0 fully saturated rings. The molecule has 2 heterocycles. The number of nitrogen functional groups attached to an aromatic ring is 1. The van der Waals surface area contributed by atoms with E-state index in [0.29, 0.717) is 28.8 Å². The SMILES string of the molecule is C=C(Cl)C=Nc1[nH]cc(-c2ccc(F)c(NCc3ccncc3)c2)c1N. The van der Waals surface area contributed by atoms with Gasteiger partial charge in [0.05, 0.1) is 16.4 Å². The van der Waals surface area contributed by atoms with Gasteiger partial charge in [-0.3, -0.25) is 4.98 Å². The number of allylic oxidation sites excluding steroid dienone is 1. The number of nitrogens with one attached hydrogen (secondary N) is 2. The lowest BCUT2D eigenvalue weighted by atomic mass is 10.1. The molecule has 0 aliphatic carbocycles. The summed E-state index contributed by atoms with van der Waals surface area (Å²) in [7, 11) is 0. The van der Waals surface area contributed by atoms with Crippen LogP contribution in [0.5, 0.6) is 0 Å². The highest BCUT2D eigenvalue weighted by molar-refractivity contribution is 6.39. The topological polar surface area (TPSA) is 79.1 Å². The van der Waals surface area contributed by atoms with Gasteiger partial charge in [0.25, 0.3) is 0 Å². The molecule has 26 heavy (non-hydrogen) atoms. The van der Waals surface area contributed by atoms with E-state index in [1.54, 1.807) is 30.7 Å². The van der Waals surface area contributed by atoms with Crippen LogP contribution >= 0.6 is 11.6 Å². The van der Waals surface area contributed by atoms with Gasteiger partial charge in [0.2, 0.25) is 0 Å². The molecule has 0 aliphatic rings. The van der Waals surface area contributed by atoms with Gasteiger partial charge >= 0.3 is 0 Å². The van der Waals surface area contributed by atoms with Crippen molar-refractivity contribution in [2.24, 2.45) is 4.99 Å². The van der Waals surface area contributed by atoms with E-state index < -0.39 is 0 Å². The Morgan fingerprint density at radius 1 is 1.35 bits per heavy atom. The largest absolute Gasteiger partial charge is 0.395 e. The maximum atomic E-state index is 14.1. The summed E-state index contributed by atoms with van der Waals surface area (Å²) in [5, 5.41) is 3.39. The Bertz CT molecular complexity index is 950. The summed E-state index contributed by atoms with van der Waals surface area (Å²) in [5.74, 6) is 0.131. The Morgan fingerprint density at radius 3 is 2.85 bits per heavy atom. The fourth-order valence-electron chi connectivity index (χ4n) is 2.43. The number of aromatic nitrogens is 2. The summed E-state index contributed by atoms with van der Waals surface area (Å²) in [6, 6.07) is 8.52. The van der Waals surface area contributed by atoms with E-state index in [-0.39, 0.29) is 5.82 Å². The number of hydrogen-bond acceptors (Lipinski definition) is 4. The molecule has 1 aromatic carbocycles. The number of hydrogen-bond donors (Lipinski definition) is 3. The van der Waals surface area contributed by atoms with Gasteiger partial charge in [-0.15, -0.1) is 0 Å². The molecule has 3 rings (SSSR count). The van der Waals surface area contributed by atoms with Crippen LogP contribution in [0.25, 0.3) is 11.1 Å². The molecule has 0 spiro atoms. The van der Waals surface area contributed by atoms with Crippen molar-refractivity contribution in [2.45, 2.75) is 6.54 Å². The van der Waals surface area contributed by atoms with Crippen molar-refractivity contribution in [3.8, 4) is 11.1 Å². The number of halogens is 2. The second kappa shape index (κ2) is 7.84. The molecule has 0 radical (unpaired) electrons. The first kappa shape index (κ1) is 17.7. The van der Waals surface area contributed by atoms with Crippen LogP contribution in [0.1, 0.15) is 5.56 Å². The lowest BCUT2D eigenvalue weighted by Gasteiger charge is -2.10. The number of rotatable bonds is 6. The van der Waals surface area contributed by atoms with Gasteiger partial charge in [-0.05, 0) is 35.4 Å². The summed E-state index contributed by atoms with van der Waals surface area (Å²) in [6.07, 6.45) is 6.52. The first-order valence-electron chi connectivity index (χ1n) is 7.82. The maximum absolute atomic E-state index is 14.1. The third-order valence-corrected chi connectivity index (χ3v) is 3.84. The monoisotopic (exact) mass is 369 g/mol. The third-order valence-electron chi connectivity index (χ3n) is 3.74. The van der Waals surface area contributed by atoms with Gasteiger partial charge in [0.1, 0.15) is 5.82 Å². The van der Waals surface area contributed by atoms with E-state index in [4.69, 9.17) is 17.3 Å². The lowest BCUT2D eigenvalue weighted by Crippen LogP contribution is -2.01. The summed E-state index contributed by atoms with van der Waals surface area (Å²) in [5.41, 5.74) is 9.47. The van der Waals surface area contributed by atoms with Crippen LogP contribution in [0, 0.1) is 5.82 Å². The molecule has 3 aromatic rings. The number of aliphatic imine (C=N–C) groups is 1. The highest BCUT2D eigenvalue weighted by atomic mass is 35.5. The van der Waals surface area contributed by atoms with Crippen molar-refractivity contribution in [3.05, 3.63) is 71.9 Å². The van der Waals surface area contributed by atoms with Crippen molar-refractivity contribution in [2.75, 3.05) is 11.1 Å². The first-order valence-corrected chi connectivity index (χ1v) is 8.20. The van der Waals surface area contributed by atoms with Gasteiger partial charge in [0.15, 0.2) is 5.82 Å². The molecule has 5 nitrogen and oxygen atoms in total. The minimum atomic E-state index is -0.339. The van der Waals surface area contributed by atoms with Crippen molar-refractivity contribution >= 4 is 35.0 Å². The fraction of sp³-hybridized carbons (Fsp3) is 0.0526. The molecule has 132 valence electrons. The molecule has 0 bridgehead atoms. The van der Waals surface area contributed by atoms with Crippen molar-refractivity contribution in [1.82, 2.24) is 9.97 Å². The molecule has 0 unspecified atom stereocenters. The predicted octanol–water partition coefficient (Wildman–Crippen LogP) is 4.86. The second-order valence-corrected chi connectivity index (χ2v) is 6.06. The molecule has 4 N–H and O–H groups in total. The molecular formula is C19H17ClFN5. The van der Waals surface area contributed by atoms with E-state index in [0.717, 1.165) is 16.7 Å². The highest BCUT2D eigenvalue weighted by Crippen LogP contribution is 2.35. The maximum Gasteiger partial charge on any atom is 0.153 e. The van der Waals surface area contributed by atoms with Crippen LogP contribution in [0.3, 0.4) is 0 Å². The van der Waals surface area contributed by atoms with Gasteiger partial charge in [-0.25, -0.2) is 9.38 Å². The molecule has 2 aromatic heterocycles. The Morgan fingerprint density at radius 2 is 2.12 bits per heavy atom. The smallest absolute Gasteiger partial charge is 0.153 e. The zero-order chi connectivity index (χ0) is 18.5. The average molecular weight is 370 g/mol. The summed E-state index contributed by atoms with van der Waals surface area (Å²) < 4.78 is 14.1. The third kappa shape index (κ3) is 4.10. The van der Waals surface area contributed by atoms with Gasteiger partial charge < -0.3 is 16.0 Å². The minimum absolute atomic E-state index is 0.296. The Labute approximate surface area is 155 Å². The minimum Gasteiger partial charge on any atom is -0.395 e. The molecule has 0 amide bonds. The first-order chi connectivity index (χ1) is 12.5. The van der Waals surface area contributed by atoms with Crippen LogP contribution in [0.4, 0.5) is 21.6 Å². The number of nitrogens with zero attached hydrogens (tertiary/aromatic N) is 2. The lowest BCUT2D eigenvalue weighted by molar-refractivity contribution is 0.630. The van der Waals surface area contributed by atoms with Crippen LogP contribution in [0.15, 0.2) is 65.5 Å². The number of aromatic amines is 1. The molecule has 0 saturated carbocycles. The zero-order valence-corrected chi connectivity index (χ0v) is 14.6. The van der Waals surface area contributed by atoms with Gasteiger partial charge in [0, 0.05) is 36.9 Å². The van der Waals surface area contributed by atoms with Crippen molar-refractivity contribution in [3.63, 3.8) is 0 Å². The quantitative estimate of drug-likeness (QED) is 0.542. The summed E-state index contributed by atoms with van der Waals surface area (Å²) >= 11 is 5.67. The van der Waals surface area contributed by atoms with Crippen LogP contribution < -0.4 is 11.1 Å². The number of pyridine rings is 1. The van der Waals surface area contributed by atoms with E-state index in [9.17, 15) is 4.39 Å².